The Labute approximate surface area is 391 Å². The SMILES string of the molecule is COc1ccc(COCC2(COCc3ccc(OC)cc3)OC(O)(c3ccc(F)c(Cc4ccc(OC5COC5)cc4)c3)C(OCc3ccccc3)[C@@H](OCc3ccccc3)[C@@H]2OB=N)cc1. The number of rotatable bonds is 23. The molecule has 6 aromatic rings. The van der Waals surface area contributed by atoms with Crippen LogP contribution in [-0.4, -0.2) is 83.0 Å². The Morgan fingerprint density at radius 2 is 1.15 bits per heavy atom. The summed E-state index contributed by atoms with van der Waals surface area (Å²) < 4.78 is 78.1. The Morgan fingerprint density at radius 1 is 0.627 bits per heavy atom. The fourth-order valence-electron chi connectivity index (χ4n) is 8.22. The van der Waals surface area contributed by atoms with Crippen LogP contribution in [0.4, 0.5) is 4.39 Å². The molecule has 348 valence electrons. The van der Waals surface area contributed by atoms with Crippen molar-refractivity contribution in [2.24, 2.45) is 0 Å². The number of methoxy groups -OCH3 is 2. The zero-order chi connectivity index (χ0) is 46.5. The molecule has 0 spiro atoms. The van der Waals surface area contributed by atoms with E-state index in [0.717, 1.165) is 35.1 Å². The monoisotopic (exact) mass is 911 g/mol. The van der Waals surface area contributed by atoms with Crippen LogP contribution in [0.3, 0.4) is 0 Å². The van der Waals surface area contributed by atoms with Gasteiger partial charge in [0.1, 0.15) is 11.9 Å². The second kappa shape index (κ2) is 22.7. The van der Waals surface area contributed by atoms with Crippen LogP contribution in [0.25, 0.3) is 0 Å². The van der Waals surface area contributed by atoms with E-state index in [0.29, 0.717) is 36.0 Å². The molecular formula is C53H55BFNO11. The average Bonchev–Trinajstić information content (AvgIpc) is 3.35. The van der Waals surface area contributed by atoms with E-state index in [1.807, 2.05) is 133 Å². The molecule has 14 heteroatoms. The number of hydrogen-bond donors (Lipinski definition) is 2. The van der Waals surface area contributed by atoms with Crippen LogP contribution in [0.15, 0.2) is 152 Å². The maximum absolute atomic E-state index is 16.1. The first kappa shape index (κ1) is 47.5. The molecule has 12 nitrogen and oxygen atoms in total. The second-order valence-corrected chi connectivity index (χ2v) is 16.6. The summed E-state index contributed by atoms with van der Waals surface area (Å²) in [6, 6.07) is 45.8. The first-order chi connectivity index (χ1) is 32.8. The van der Waals surface area contributed by atoms with Gasteiger partial charge in [0.15, 0.2) is 0 Å². The predicted octanol–water partition coefficient (Wildman–Crippen LogP) is 8.50. The van der Waals surface area contributed by atoms with Crippen molar-refractivity contribution >= 4 is 7.27 Å². The van der Waals surface area contributed by atoms with Crippen molar-refractivity contribution in [1.29, 1.82) is 5.31 Å². The third-order valence-electron chi connectivity index (χ3n) is 11.9. The minimum absolute atomic E-state index is 0.00517. The van der Waals surface area contributed by atoms with Gasteiger partial charge in [-0.15, -0.1) is 0 Å². The Hall–Kier alpha value is -5.97. The molecule has 2 heterocycles. The van der Waals surface area contributed by atoms with Gasteiger partial charge in [0.25, 0.3) is 0 Å². The fraction of sp³-hybridized carbons (Fsp3) is 0.321. The van der Waals surface area contributed by atoms with Gasteiger partial charge in [0.05, 0.1) is 13.2 Å². The predicted molar refractivity (Wildman–Crippen MR) is 247 cm³/mol. The standard InChI is InChI=1S/C53H55BFNO11/c1-58-44-20-15-40(16-21-44)29-61-35-52(36-62-30-41-17-22-45(59-2)23-18-41)50(66-54-56)49(63-31-38-9-5-3-6-10-38)51(64-32-39-11-7-4-8-12-39)53(57,67-52)43-19-26-48(55)42(28-43)27-37-13-24-46(25-14-37)65-47-33-60-34-47/h3-26,28,47,49-51,56-57H,27,29-36H2,1-2H3/t49-,50-,51?,53?/m0/s1. The van der Waals surface area contributed by atoms with Crippen LogP contribution in [0.5, 0.6) is 17.2 Å². The summed E-state index contributed by atoms with van der Waals surface area (Å²) in [6.07, 6.45) is -3.46. The average molecular weight is 912 g/mol. The molecule has 0 aromatic heterocycles. The van der Waals surface area contributed by atoms with Crippen molar-refractivity contribution in [1.82, 2.24) is 0 Å². The van der Waals surface area contributed by atoms with E-state index in [4.69, 9.17) is 52.6 Å². The Morgan fingerprint density at radius 3 is 1.67 bits per heavy atom. The molecule has 67 heavy (non-hydrogen) atoms. The number of benzene rings is 6. The molecule has 0 amide bonds. The molecule has 2 aliphatic rings. The van der Waals surface area contributed by atoms with Gasteiger partial charge in [0, 0.05) is 0 Å². The fourth-order valence-corrected chi connectivity index (χ4v) is 8.22. The molecule has 2 fully saturated rings. The summed E-state index contributed by atoms with van der Waals surface area (Å²) in [5.41, 5.74) is 2.95. The maximum atomic E-state index is 16.1. The van der Waals surface area contributed by atoms with Crippen LogP contribution in [0, 0.1) is 11.1 Å². The van der Waals surface area contributed by atoms with Crippen molar-refractivity contribution in [3.05, 3.63) is 196 Å². The summed E-state index contributed by atoms with van der Waals surface area (Å²) in [5, 5.41) is 22.0. The first-order valence-corrected chi connectivity index (χ1v) is 22.2. The third-order valence-corrected chi connectivity index (χ3v) is 11.9. The molecule has 8 rings (SSSR count). The summed E-state index contributed by atoms with van der Waals surface area (Å²) in [7, 11) is 4.02. The van der Waals surface area contributed by atoms with Crippen LogP contribution < -0.4 is 14.2 Å². The minimum atomic E-state index is -2.37. The van der Waals surface area contributed by atoms with E-state index in [1.54, 1.807) is 20.3 Å². The first-order valence-electron chi connectivity index (χ1n) is 22.2. The molecule has 0 saturated carbocycles. The molecular weight excluding hydrogens is 856 g/mol. The molecule has 0 bridgehead atoms. The van der Waals surface area contributed by atoms with Crippen LogP contribution in [0.2, 0.25) is 0 Å². The molecule has 2 unspecified atom stereocenters. The molecule has 4 atom stereocenters. The van der Waals surface area contributed by atoms with Crippen molar-refractivity contribution in [2.75, 3.05) is 40.6 Å². The molecule has 6 aromatic carbocycles. The molecule has 2 N–H and O–H groups in total. The van der Waals surface area contributed by atoms with Gasteiger partial charge in [-0.05, 0) is 0 Å². The van der Waals surface area contributed by atoms with E-state index >= 15 is 4.39 Å². The topological polar surface area (TPSA) is 136 Å². The van der Waals surface area contributed by atoms with Gasteiger partial charge < -0.3 is 9.47 Å². The van der Waals surface area contributed by atoms with Gasteiger partial charge in [-0.2, -0.15) is 0 Å². The zero-order valence-electron chi connectivity index (χ0n) is 37.6. The van der Waals surface area contributed by atoms with Gasteiger partial charge in [-0.25, -0.2) is 0 Å². The molecule has 0 aliphatic carbocycles. The quantitative estimate of drug-likeness (QED) is 0.0600. The second-order valence-electron chi connectivity index (χ2n) is 16.6. The van der Waals surface area contributed by atoms with Gasteiger partial charge in [-0.1, -0.05) is 0 Å². The van der Waals surface area contributed by atoms with E-state index < -0.39 is 35.5 Å². The normalized spacial score (nSPS) is 20.0. The zero-order valence-corrected chi connectivity index (χ0v) is 37.6. The number of ether oxygens (including phenoxy) is 9. The van der Waals surface area contributed by atoms with E-state index in [1.165, 1.54) is 12.1 Å². The summed E-state index contributed by atoms with van der Waals surface area (Å²) in [5.74, 6) is -0.767. The molecule has 2 saturated heterocycles. The summed E-state index contributed by atoms with van der Waals surface area (Å²) in [4.78, 5) is 0. The number of aliphatic hydroxyl groups is 1. The number of halogens is 1. The van der Waals surface area contributed by atoms with Crippen molar-refractivity contribution < 1.29 is 56.8 Å². The van der Waals surface area contributed by atoms with Crippen LogP contribution in [0.1, 0.15) is 38.9 Å². The van der Waals surface area contributed by atoms with Crippen LogP contribution in [-0.2, 0) is 71.7 Å². The Bertz CT molecular complexity index is 2410. The molecule has 2 aliphatic heterocycles. The van der Waals surface area contributed by atoms with E-state index in [-0.39, 0.29) is 57.7 Å². The van der Waals surface area contributed by atoms with Gasteiger partial charge >= 0.3 is 358 Å². The number of hydrogen-bond acceptors (Lipinski definition) is 12. The van der Waals surface area contributed by atoms with Crippen molar-refractivity contribution in [3.8, 4) is 17.2 Å². The Balaban J connectivity index is 1.21. The third kappa shape index (κ3) is 12.0. The van der Waals surface area contributed by atoms with Crippen molar-refractivity contribution in [3.63, 3.8) is 0 Å². The Kier molecular flexibility index (Phi) is 16.1. The molecule has 0 radical (unpaired) electrons. The van der Waals surface area contributed by atoms with Crippen molar-refractivity contribution in [2.45, 2.75) is 68.7 Å². The van der Waals surface area contributed by atoms with E-state index in [2.05, 4.69) is 0 Å². The number of nitrogens with one attached hydrogen (secondary N) is 1. The summed E-state index contributed by atoms with van der Waals surface area (Å²) >= 11 is 0. The summed E-state index contributed by atoms with van der Waals surface area (Å²) in [6.45, 7) is 1.02. The van der Waals surface area contributed by atoms with Crippen LogP contribution >= 0.6 is 0 Å². The van der Waals surface area contributed by atoms with E-state index in [9.17, 15) is 5.11 Å². The van der Waals surface area contributed by atoms with Gasteiger partial charge in [0.2, 0.25) is 0 Å². The van der Waals surface area contributed by atoms with Gasteiger partial charge in [-0.3, -0.25) is 0 Å².